The maximum atomic E-state index is 12.1. The van der Waals surface area contributed by atoms with Crippen molar-refractivity contribution < 1.29 is 29.3 Å². The lowest BCUT2D eigenvalue weighted by atomic mass is 9.58. The Morgan fingerprint density at radius 2 is 2.12 bits per heavy atom. The zero-order valence-corrected chi connectivity index (χ0v) is 15.6. The minimum absolute atomic E-state index is 0.0963. The predicted molar refractivity (Wildman–Crippen MR) is 95.9 cm³/mol. The van der Waals surface area contributed by atoms with Gasteiger partial charge in [-0.05, 0) is 19.3 Å². The number of hydrogen-bond acceptors (Lipinski definition) is 6. The van der Waals surface area contributed by atoms with Gasteiger partial charge in [-0.1, -0.05) is 38.7 Å². The largest absolute Gasteiger partial charge is 0.463 e. The van der Waals surface area contributed by atoms with E-state index in [9.17, 15) is 19.8 Å². The lowest BCUT2D eigenvalue weighted by molar-refractivity contribution is -0.166. The third-order valence-electron chi connectivity index (χ3n) is 5.53. The summed E-state index contributed by atoms with van der Waals surface area (Å²) in [6.45, 7) is 16.7. The van der Waals surface area contributed by atoms with E-state index in [0.717, 1.165) is 0 Å². The van der Waals surface area contributed by atoms with Crippen LogP contribution in [0.1, 0.15) is 27.2 Å². The van der Waals surface area contributed by atoms with Crippen LogP contribution in [-0.2, 0) is 19.1 Å². The van der Waals surface area contributed by atoms with Crippen LogP contribution in [0.25, 0.3) is 0 Å². The van der Waals surface area contributed by atoms with Crippen molar-refractivity contribution in [3.8, 4) is 0 Å². The molecule has 0 unspecified atom stereocenters. The highest BCUT2D eigenvalue weighted by atomic mass is 16.6. The number of rotatable bonds is 6. The normalized spacial score (nSPS) is 34.8. The van der Waals surface area contributed by atoms with Gasteiger partial charge < -0.3 is 19.7 Å². The van der Waals surface area contributed by atoms with E-state index in [1.807, 2.05) is 0 Å². The molecule has 2 fully saturated rings. The van der Waals surface area contributed by atoms with E-state index in [1.165, 1.54) is 0 Å². The lowest BCUT2D eigenvalue weighted by Crippen LogP contribution is -2.53. The van der Waals surface area contributed by atoms with Crippen molar-refractivity contribution in [1.82, 2.24) is 0 Å². The second kappa shape index (κ2) is 7.37. The molecule has 0 aromatic carbocycles. The zero-order chi connectivity index (χ0) is 19.8. The average Bonchev–Trinajstić information content (AvgIpc) is 2.85. The number of hydrogen-bond donors (Lipinski definition) is 2. The summed E-state index contributed by atoms with van der Waals surface area (Å²) >= 11 is 0. The third-order valence-corrected chi connectivity index (χ3v) is 5.53. The Bertz CT molecular complexity index is 636. The van der Waals surface area contributed by atoms with E-state index in [1.54, 1.807) is 26.8 Å². The van der Waals surface area contributed by atoms with Crippen molar-refractivity contribution in [2.75, 3.05) is 6.61 Å². The van der Waals surface area contributed by atoms with Gasteiger partial charge >= 0.3 is 11.9 Å². The molecule has 144 valence electrons. The molecule has 0 bridgehead atoms. The number of aliphatic hydroxyl groups excluding tert-OH is 2. The van der Waals surface area contributed by atoms with Gasteiger partial charge in [0.1, 0.15) is 12.7 Å². The van der Waals surface area contributed by atoms with Crippen LogP contribution < -0.4 is 0 Å². The number of aliphatic hydroxyl groups is 2. The lowest BCUT2D eigenvalue weighted by Gasteiger charge is -2.48. The first-order valence-corrected chi connectivity index (χ1v) is 8.77. The van der Waals surface area contributed by atoms with Gasteiger partial charge in [-0.2, -0.15) is 0 Å². The van der Waals surface area contributed by atoms with Crippen molar-refractivity contribution in [3.63, 3.8) is 0 Å². The molecule has 1 aliphatic heterocycles. The Hall–Kier alpha value is -1.92. The van der Waals surface area contributed by atoms with Crippen LogP contribution in [0.5, 0.6) is 0 Å². The number of carbonyl (C=O) groups is 2. The SMILES string of the molecule is C=C[C@]1(COC(=O)[C@H](O)C(C)C)C[C@H]2OC(=O)C(=C)[C@H]2[C@H](O)[C@H]1C(=C)C. The van der Waals surface area contributed by atoms with Crippen molar-refractivity contribution in [2.24, 2.45) is 23.2 Å². The van der Waals surface area contributed by atoms with Crippen LogP contribution in [-0.4, -0.2) is 47.1 Å². The molecule has 1 heterocycles. The van der Waals surface area contributed by atoms with Crippen LogP contribution >= 0.6 is 0 Å². The maximum absolute atomic E-state index is 12.1. The molecule has 6 atom stereocenters. The molecule has 1 saturated carbocycles. The van der Waals surface area contributed by atoms with Crippen molar-refractivity contribution in [2.45, 2.75) is 45.5 Å². The monoisotopic (exact) mass is 364 g/mol. The van der Waals surface area contributed by atoms with Crippen LogP contribution in [0.15, 0.2) is 37.0 Å². The second-order valence-corrected chi connectivity index (χ2v) is 7.75. The van der Waals surface area contributed by atoms with E-state index < -0.39 is 47.5 Å². The van der Waals surface area contributed by atoms with E-state index in [4.69, 9.17) is 9.47 Å². The van der Waals surface area contributed by atoms with Gasteiger partial charge in [-0.15, -0.1) is 6.58 Å². The molecule has 0 radical (unpaired) electrons. The van der Waals surface area contributed by atoms with Gasteiger partial charge in [0.25, 0.3) is 0 Å². The average molecular weight is 364 g/mol. The molecule has 2 aliphatic rings. The smallest absolute Gasteiger partial charge is 0.335 e. The molecule has 0 aromatic heterocycles. The molecule has 0 aromatic rings. The molecule has 1 aliphatic carbocycles. The summed E-state index contributed by atoms with van der Waals surface area (Å²) in [5.41, 5.74) is 0.0750. The highest BCUT2D eigenvalue weighted by Crippen LogP contribution is 2.52. The van der Waals surface area contributed by atoms with Crippen LogP contribution in [0.4, 0.5) is 0 Å². The highest BCUT2D eigenvalue weighted by Gasteiger charge is 2.57. The molecule has 6 nitrogen and oxygen atoms in total. The summed E-state index contributed by atoms with van der Waals surface area (Å²) in [6.07, 6.45) is -0.809. The Kier molecular flexibility index (Phi) is 5.78. The molecule has 26 heavy (non-hydrogen) atoms. The number of fused-ring (bicyclic) bond motifs is 1. The summed E-state index contributed by atoms with van der Waals surface area (Å²) in [6, 6.07) is 0. The van der Waals surface area contributed by atoms with Gasteiger partial charge in [-0.3, -0.25) is 0 Å². The molecule has 1 saturated heterocycles. The number of esters is 2. The Labute approximate surface area is 154 Å². The molecule has 0 spiro atoms. The topological polar surface area (TPSA) is 93.1 Å². The Balaban J connectivity index is 2.31. The molecular formula is C20H28O6. The quantitative estimate of drug-likeness (QED) is 0.424. The van der Waals surface area contributed by atoms with Crippen LogP contribution in [0.3, 0.4) is 0 Å². The number of carbonyl (C=O) groups excluding carboxylic acids is 2. The van der Waals surface area contributed by atoms with E-state index in [2.05, 4.69) is 19.7 Å². The molecule has 6 heteroatoms. The first-order chi connectivity index (χ1) is 12.1. The fraction of sp³-hybridized carbons (Fsp3) is 0.600. The van der Waals surface area contributed by atoms with Gasteiger partial charge in [-0.25, -0.2) is 9.59 Å². The minimum atomic E-state index is -1.23. The zero-order valence-electron chi connectivity index (χ0n) is 15.6. The summed E-state index contributed by atoms with van der Waals surface area (Å²) < 4.78 is 10.7. The van der Waals surface area contributed by atoms with Crippen molar-refractivity contribution in [3.05, 3.63) is 37.0 Å². The molecular weight excluding hydrogens is 336 g/mol. The van der Waals surface area contributed by atoms with Crippen molar-refractivity contribution in [1.29, 1.82) is 0 Å². The maximum Gasteiger partial charge on any atom is 0.335 e. The van der Waals surface area contributed by atoms with Gasteiger partial charge in [0.15, 0.2) is 6.10 Å². The third kappa shape index (κ3) is 3.35. The van der Waals surface area contributed by atoms with E-state index in [-0.39, 0.29) is 18.1 Å². The van der Waals surface area contributed by atoms with Crippen LogP contribution in [0.2, 0.25) is 0 Å². The number of ether oxygens (including phenoxy) is 2. The van der Waals surface area contributed by atoms with Gasteiger partial charge in [0, 0.05) is 16.9 Å². The molecule has 0 amide bonds. The summed E-state index contributed by atoms with van der Waals surface area (Å²) in [5.74, 6) is -2.54. The first-order valence-electron chi connectivity index (χ1n) is 8.77. The second-order valence-electron chi connectivity index (χ2n) is 7.75. The summed E-state index contributed by atoms with van der Waals surface area (Å²) in [4.78, 5) is 24.0. The first kappa shape index (κ1) is 20.4. The van der Waals surface area contributed by atoms with Crippen LogP contribution in [0, 0.1) is 23.2 Å². The fourth-order valence-corrected chi connectivity index (χ4v) is 4.05. The summed E-state index contributed by atoms with van der Waals surface area (Å²) in [5, 5.41) is 20.8. The minimum Gasteiger partial charge on any atom is -0.463 e. The van der Waals surface area contributed by atoms with Gasteiger partial charge in [0.2, 0.25) is 0 Å². The standard InChI is InChI=1S/C20H28O6/c1-7-20(9-25-19(24)16(21)11(4)5)8-13-14(12(6)18(23)26-13)17(22)15(20)10(2)3/h7,11,13-17,21-22H,1-2,6,8-9H2,3-5H3/t13-,14-,15-,16-,17+,20-/m1/s1. The van der Waals surface area contributed by atoms with Gasteiger partial charge in [0.05, 0.1) is 12.0 Å². The van der Waals surface area contributed by atoms with E-state index in [0.29, 0.717) is 12.0 Å². The molecule has 2 N–H and O–H groups in total. The Morgan fingerprint density at radius 1 is 1.50 bits per heavy atom. The summed E-state index contributed by atoms with van der Waals surface area (Å²) in [7, 11) is 0. The molecule has 2 rings (SSSR count). The highest BCUT2D eigenvalue weighted by molar-refractivity contribution is 5.91. The Morgan fingerprint density at radius 3 is 2.62 bits per heavy atom. The van der Waals surface area contributed by atoms with Crippen molar-refractivity contribution >= 4 is 11.9 Å². The van der Waals surface area contributed by atoms with E-state index >= 15 is 0 Å². The predicted octanol–water partition coefficient (Wildman–Crippen LogP) is 1.77. The fourth-order valence-electron chi connectivity index (χ4n) is 4.05.